The molecule has 1 aliphatic heterocycles. The molecule has 0 radical (unpaired) electrons. The minimum atomic E-state index is 0.00163. The summed E-state index contributed by atoms with van der Waals surface area (Å²) >= 11 is 0. The van der Waals surface area contributed by atoms with Crippen LogP contribution in [-0.4, -0.2) is 51.6 Å². The number of nitrogens with two attached hydrogens (primary N) is 1. The topological polar surface area (TPSA) is 94.2 Å². The summed E-state index contributed by atoms with van der Waals surface area (Å²) in [4.78, 5) is 28.4. The first kappa shape index (κ1) is 19.3. The molecule has 7 nitrogen and oxygen atoms in total. The Kier molecular flexibility index (Phi) is 5.15. The Labute approximate surface area is 169 Å². The number of ether oxygens (including phenoxy) is 1. The molecule has 1 aromatic carbocycles. The molecule has 0 spiro atoms. The molecule has 2 aromatic heterocycles. The molecule has 150 valence electrons. The highest BCUT2D eigenvalue weighted by Gasteiger charge is 2.26. The van der Waals surface area contributed by atoms with Gasteiger partial charge in [0, 0.05) is 36.4 Å². The second-order valence-electron chi connectivity index (χ2n) is 7.52. The van der Waals surface area contributed by atoms with Gasteiger partial charge in [-0.15, -0.1) is 0 Å². The molecule has 2 N–H and O–H groups in total. The fourth-order valence-corrected chi connectivity index (χ4v) is 3.80. The molecule has 1 atom stereocenters. The lowest BCUT2D eigenvalue weighted by Gasteiger charge is -2.33. The average Bonchev–Trinajstić information content (AvgIpc) is 2.73. The van der Waals surface area contributed by atoms with Gasteiger partial charge in [0.05, 0.1) is 29.5 Å². The molecule has 3 heterocycles. The van der Waals surface area contributed by atoms with E-state index in [-0.39, 0.29) is 18.0 Å². The van der Waals surface area contributed by atoms with Crippen molar-refractivity contribution in [2.45, 2.75) is 33.3 Å². The van der Waals surface area contributed by atoms with E-state index < -0.39 is 0 Å². The number of aromatic nitrogens is 3. The molecule has 0 aliphatic carbocycles. The lowest BCUT2D eigenvalue weighted by Crippen LogP contribution is -2.45. The highest BCUT2D eigenvalue weighted by atomic mass is 16.5. The van der Waals surface area contributed by atoms with E-state index in [9.17, 15) is 4.79 Å². The molecular formula is C22H25N5O2. The summed E-state index contributed by atoms with van der Waals surface area (Å²) in [6.07, 6.45) is 4.23. The summed E-state index contributed by atoms with van der Waals surface area (Å²) in [6.45, 7) is 7.87. The Morgan fingerprint density at radius 1 is 1.24 bits per heavy atom. The fourth-order valence-electron chi connectivity index (χ4n) is 3.80. The number of morpholine rings is 1. The van der Waals surface area contributed by atoms with Crippen LogP contribution in [0.5, 0.6) is 0 Å². The van der Waals surface area contributed by atoms with Crippen molar-refractivity contribution in [2.24, 2.45) is 0 Å². The molecule has 1 saturated heterocycles. The van der Waals surface area contributed by atoms with E-state index in [0.717, 1.165) is 34.0 Å². The largest absolute Gasteiger partial charge is 0.375 e. The minimum Gasteiger partial charge on any atom is -0.375 e. The number of nitrogen functional groups attached to an aromatic ring is 1. The van der Waals surface area contributed by atoms with Crippen LogP contribution < -0.4 is 5.73 Å². The quantitative estimate of drug-likeness (QED) is 0.737. The van der Waals surface area contributed by atoms with Crippen molar-refractivity contribution in [1.29, 1.82) is 0 Å². The number of hydrogen-bond donors (Lipinski definition) is 1. The van der Waals surface area contributed by atoms with Crippen molar-refractivity contribution >= 4 is 22.8 Å². The second-order valence-corrected chi connectivity index (χ2v) is 7.52. The molecule has 1 fully saturated rings. The lowest BCUT2D eigenvalue weighted by atomic mass is 9.99. The standard InChI is InChI=1S/C22H25N5O2/c1-4-16-12-27(5-6-29-16)21(28)18-9-19(15-10-24-22(23)25-11-15)26-20-14(3)7-13(2)8-17(18)20/h7-11,16H,4-6,12H2,1-3H3,(H2,23,24,25)/t16-/m1/s1. The maximum atomic E-state index is 13.5. The van der Waals surface area contributed by atoms with Crippen LogP contribution in [0.3, 0.4) is 0 Å². The highest BCUT2D eigenvalue weighted by Crippen LogP contribution is 2.29. The number of benzene rings is 1. The van der Waals surface area contributed by atoms with E-state index in [2.05, 4.69) is 23.0 Å². The summed E-state index contributed by atoms with van der Waals surface area (Å²) < 4.78 is 5.74. The van der Waals surface area contributed by atoms with Gasteiger partial charge < -0.3 is 15.4 Å². The molecule has 3 aromatic rings. The third kappa shape index (κ3) is 3.78. The van der Waals surface area contributed by atoms with Crippen molar-refractivity contribution in [2.75, 3.05) is 25.4 Å². The summed E-state index contributed by atoms with van der Waals surface area (Å²) in [7, 11) is 0. The number of aryl methyl sites for hydroxylation is 2. The van der Waals surface area contributed by atoms with Crippen molar-refractivity contribution in [1.82, 2.24) is 19.9 Å². The van der Waals surface area contributed by atoms with Gasteiger partial charge >= 0.3 is 0 Å². The number of anilines is 1. The number of amides is 1. The Morgan fingerprint density at radius 3 is 2.72 bits per heavy atom. The van der Waals surface area contributed by atoms with E-state index in [1.807, 2.05) is 30.9 Å². The SMILES string of the molecule is CC[C@@H]1CN(C(=O)c2cc(-c3cnc(N)nc3)nc3c(C)cc(C)cc23)CCO1. The number of carbonyl (C=O) groups is 1. The number of rotatable bonds is 3. The first-order chi connectivity index (χ1) is 14.0. The van der Waals surface area contributed by atoms with Crippen LogP contribution in [0.4, 0.5) is 5.95 Å². The minimum absolute atomic E-state index is 0.00163. The van der Waals surface area contributed by atoms with Crippen molar-refractivity contribution in [3.05, 3.63) is 47.3 Å². The second kappa shape index (κ2) is 7.75. The Balaban J connectivity index is 1.86. The molecule has 29 heavy (non-hydrogen) atoms. The molecule has 0 bridgehead atoms. The van der Waals surface area contributed by atoms with Crippen LogP contribution >= 0.6 is 0 Å². The van der Waals surface area contributed by atoms with Gasteiger partial charge in [-0.3, -0.25) is 4.79 Å². The predicted molar refractivity (Wildman–Crippen MR) is 113 cm³/mol. The van der Waals surface area contributed by atoms with E-state index in [4.69, 9.17) is 15.5 Å². The fraction of sp³-hybridized carbons (Fsp3) is 0.364. The van der Waals surface area contributed by atoms with E-state index in [1.165, 1.54) is 0 Å². The maximum absolute atomic E-state index is 13.5. The van der Waals surface area contributed by atoms with Crippen LogP contribution in [0.2, 0.25) is 0 Å². The summed E-state index contributed by atoms with van der Waals surface area (Å²) in [5.74, 6) is 0.207. The monoisotopic (exact) mass is 391 g/mol. The third-order valence-corrected chi connectivity index (χ3v) is 5.33. The predicted octanol–water partition coefficient (Wildman–Crippen LogP) is 3.14. The number of pyridine rings is 1. The Bertz CT molecular complexity index is 1060. The van der Waals surface area contributed by atoms with Gasteiger partial charge in [0.1, 0.15) is 0 Å². The van der Waals surface area contributed by atoms with Crippen molar-refractivity contribution < 1.29 is 9.53 Å². The Hall–Kier alpha value is -3.06. The number of nitrogens with zero attached hydrogens (tertiary/aromatic N) is 4. The van der Waals surface area contributed by atoms with Crippen LogP contribution in [0, 0.1) is 13.8 Å². The zero-order valence-electron chi connectivity index (χ0n) is 17.0. The third-order valence-electron chi connectivity index (χ3n) is 5.33. The lowest BCUT2D eigenvalue weighted by molar-refractivity contribution is -0.0225. The van der Waals surface area contributed by atoms with Gasteiger partial charge in [-0.1, -0.05) is 18.6 Å². The van der Waals surface area contributed by atoms with Crippen LogP contribution in [0.15, 0.2) is 30.6 Å². The molecule has 7 heteroatoms. The van der Waals surface area contributed by atoms with Gasteiger partial charge in [0.25, 0.3) is 5.91 Å². The number of carbonyl (C=O) groups excluding carboxylic acids is 1. The zero-order valence-corrected chi connectivity index (χ0v) is 17.0. The summed E-state index contributed by atoms with van der Waals surface area (Å²) in [6, 6.07) is 5.95. The Morgan fingerprint density at radius 2 is 2.00 bits per heavy atom. The van der Waals surface area contributed by atoms with Gasteiger partial charge in [0.2, 0.25) is 5.95 Å². The normalized spacial score (nSPS) is 16.9. The van der Waals surface area contributed by atoms with E-state index >= 15 is 0 Å². The maximum Gasteiger partial charge on any atom is 0.254 e. The van der Waals surface area contributed by atoms with Gasteiger partial charge in [0.15, 0.2) is 0 Å². The molecule has 0 saturated carbocycles. The van der Waals surface area contributed by atoms with Crippen molar-refractivity contribution in [3.63, 3.8) is 0 Å². The van der Waals surface area contributed by atoms with E-state index in [0.29, 0.717) is 31.0 Å². The van der Waals surface area contributed by atoms with Crippen molar-refractivity contribution in [3.8, 4) is 11.3 Å². The van der Waals surface area contributed by atoms with Gasteiger partial charge in [-0.2, -0.15) is 0 Å². The van der Waals surface area contributed by atoms with Crippen LogP contribution in [-0.2, 0) is 4.74 Å². The van der Waals surface area contributed by atoms with Gasteiger partial charge in [-0.25, -0.2) is 15.0 Å². The first-order valence-corrected chi connectivity index (χ1v) is 9.87. The highest BCUT2D eigenvalue weighted by molar-refractivity contribution is 6.08. The molecule has 1 aliphatic rings. The molecule has 0 unspecified atom stereocenters. The number of hydrogen-bond acceptors (Lipinski definition) is 6. The number of fused-ring (bicyclic) bond motifs is 1. The molecule has 4 rings (SSSR count). The molecular weight excluding hydrogens is 366 g/mol. The van der Waals surface area contributed by atoms with Gasteiger partial charge in [-0.05, 0) is 38.0 Å². The van der Waals surface area contributed by atoms with E-state index in [1.54, 1.807) is 12.4 Å². The van der Waals surface area contributed by atoms with Crippen LogP contribution in [0.25, 0.3) is 22.2 Å². The summed E-state index contributed by atoms with van der Waals surface area (Å²) in [5, 5.41) is 0.868. The first-order valence-electron chi connectivity index (χ1n) is 9.87. The molecule has 1 amide bonds. The summed E-state index contributed by atoms with van der Waals surface area (Å²) in [5.41, 5.74) is 10.6. The van der Waals surface area contributed by atoms with Crippen LogP contribution in [0.1, 0.15) is 34.8 Å². The smallest absolute Gasteiger partial charge is 0.254 e. The zero-order chi connectivity index (χ0) is 20.5. The average molecular weight is 391 g/mol.